The Morgan fingerprint density at radius 3 is 2.69 bits per heavy atom. The molecule has 0 aliphatic heterocycles. The van der Waals surface area contributed by atoms with Crippen LogP contribution in [0.5, 0.6) is 0 Å². The number of carbonyl (C=O) groups excluding carboxylic acids is 1. The van der Waals surface area contributed by atoms with Crippen molar-refractivity contribution < 1.29 is 14.3 Å². The number of aliphatic hydroxyl groups is 1. The molecule has 86 valence electrons. The van der Waals surface area contributed by atoms with Crippen molar-refractivity contribution >= 4 is 18.0 Å². The van der Waals surface area contributed by atoms with Crippen LogP contribution in [0.1, 0.15) is 5.56 Å². The summed E-state index contributed by atoms with van der Waals surface area (Å²) in [5, 5.41) is 14.4. The van der Waals surface area contributed by atoms with Crippen LogP contribution in [0.25, 0.3) is 0 Å². The standard InChI is InChI=1S/C9H8FN3O.CH4O/c10-7-3-1-2-6(4-7)9(12)13-8(11)5-14;1-2/h1-5H,(H3,11,12,13);2H,1H3. The average molecular weight is 225 g/mol. The van der Waals surface area contributed by atoms with E-state index in [1.165, 1.54) is 18.2 Å². The maximum absolute atomic E-state index is 12.7. The second-order valence-corrected chi connectivity index (χ2v) is 2.51. The van der Waals surface area contributed by atoms with Gasteiger partial charge in [0.1, 0.15) is 5.82 Å². The predicted molar refractivity (Wildman–Crippen MR) is 59.1 cm³/mol. The number of nitrogens with one attached hydrogen (secondary N) is 1. The fourth-order valence-corrected chi connectivity index (χ4v) is 0.856. The molecule has 0 aliphatic carbocycles. The number of hydrogen-bond donors (Lipinski definition) is 3. The highest BCUT2D eigenvalue weighted by molar-refractivity contribution is 6.29. The van der Waals surface area contributed by atoms with E-state index in [2.05, 4.69) is 4.99 Å². The molecule has 0 saturated carbocycles. The number of amidine groups is 2. The lowest BCUT2D eigenvalue weighted by Gasteiger charge is -1.97. The van der Waals surface area contributed by atoms with E-state index in [0.717, 1.165) is 13.2 Å². The highest BCUT2D eigenvalue weighted by atomic mass is 19.1. The van der Waals surface area contributed by atoms with Crippen molar-refractivity contribution in [2.75, 3.05) is 7.11 Å². The van der Waals surface area contributed by atoms with Gasteiger partial charge in [0.25, 0.3) is 0 Å². The van der Waals surface area contributed by atoms with Gasteiger partial charge in [0.05, 0.1) is 0 Å². The summed E-state index contributed by atoms with van der Waals surface area (Å²) in [7, 11) is 1.00. The zero-order valence-corrected chi connectivity index (χ0v) is 8.64. The van der Waals surface area contributed by atoms with E-state index in [4.69, 9.17) is 16.2 Å². The molecular formula is C10H12FN3O2. The van der Waals surface area contributed by atoms with E-state index in [-0.39, 0.29) is 17.2 Å². The quantitative estimate of drug-likeness (QED) is 0.384. The van der Waals surface area contributed by atoms with Crippen molar-refractivity contribution in [3.8, 4) is 0 Å². The van der Waals surface area contributed by atoms with Crippen LogP contribution in [0, 0.1) is 11.2 Å². The lowest BCUT2D eigenvalue weighted by atomic mass is 10.2. The van der Waals surface area contributed by atoms with Crippen LogP contribution < -0.4 is 5.73 Å². The van der Waals surface area contributed by atoms with Gasteiger partial charge in [-0.2, -0.15) is 0 Å². The normalized spacial score (nSPS) is 10.1. The number of benzene rings is 1. The summed E-state index contributed by atoms with van der Waals surface area (Å²) < 4.78 is 12.7. The summed E-state index contributed by atoms with van der Waals surface area (Å²) in [6.45, 7) is 0. The topological polar surface area (TPSA) is 99.5 Å². The number of aliphatic hydroxyl groups excluding tert-OH is 1. The first kappa shape index (κ1) is 13.9. The molecule has 0 saturated heterocycles. The molecule has 0 unspecified atom stereocenters. The van der Waals surface area contributed by atoms with Gasteiger partial charge in [0, 0.05) is 12.7 Å². The van der Waals surface area contributed by atoms with Gasteiger partial charge in [-0.25, -0.2) is 9.38 Å². The Balaban J connectivity index is 0.00000106. The Hall–Kier alpha value is -2.08. The number of carbonyl (C=O) groups is 1. The van der Waals surface area contributed by atoms with Crippen LogP contribution in [0.15, 0.2) is 29.3 Å². The third-order valence-electron chi connectivity index (χ3n) is 1.46. The lowest BCUT2D eigenvalue weighted by Crippen LogP contribution is -2.15. The van der Waals surface area contributed by atoms with Crippen LogP contribution >= 0.6 is 0 Å². The molecule has 0 aromatic heterocycles. The van der Waals surface area contributed by atoms with Crippen LogP contribution in [0.2, 0.25) is 0 Å². The number of aliphatic imine (C=N–C) groups is 1. The number of hydrogen-bond acceptors (Lipinski definition) is 3. The summed E-state index contributed by atoms with van der Waals surface area (Å²) >= 11 is 0. The first-order valence-electron chi connectivity index (χ1n) is 4.22. The number of rotatable bonds is 2. The smallest absolute Gasteiger partial charge is 0.184 e. The van der Waals surface area contributed by atoms with Gasteiger partial charge in [0.2, 0.25) is 0 Å². The first-order valence-corrected chi connectivity index (χ1v) is 4.22. The molecular weight excluding hydrogens is 213 g/mol. The molecule has 1 rings (SSSR count). The van der Waals surface area contributed by atoms with E-state index < -0.39 is 5.82 Å². The fraction of sp³-hybridized carbons (Fsp3) is 0.100. The number of nitrogens with two attached hydrogens (primary N) is 1. The summed E-state index contributed by atoms with van der Waals surface area (Å²) in [6, 6.07) is 5.35. The molecule has 0 amide bonds. The van der Waals surface area contributed by atoms with Gasteiger partial charge in [-0.05, 0) is 12.1 Å². The number of nitrogens with zero attached hydrogens (tertiary/aromatic N) is 1. The minimum Gasteiger partial charge on any atom is -0.400 e. The summed E-state index contributed by atoms with van der Waals surface area (Å²) in [4.78, 5) is 13.6. The molecule has 16 heavy (non-hydrogen) atoms. The van der Waals surface area contributed by atoms with Gasteiger partial charge in [0.15, 0.2) is 18.0 Å². The Bertz CT molecular complexity index is 405. The summed E-state index contributed by atoms with van der Waals surface area (Å²) in [6.07, 6.45) is 0.327. The van der Waals surface area contributed by atoms with Crippen molar-refractivity contribution in [2.24, 2.45) is 10.7 Å². The second-order valence-electron chi connectivity index (χ2n) is 2.51. The van der Waals surface area contributed by atoms with Gasteiger partial charge in [-0.15, -0.1) is 0 Å². The highest BCUT2D eigenvalue weighted by Crippen LogP contribution is 2.04. The number of aldehydes is 1. The van der Waals surface area contributed by atoms with Gasteiger partial charge in [-0.1, -0.05) is 12.1 Å². The summed E-state index contributed by atoms with van der Waals surface area (Å²) in [5.74, 6) is -1.01. The Morgan fingerprint density at radius 2 is 2.19 bits per heavy atom. The zero-order chi connectivity index (χ0) is 12.6. The average Bonchev–Trinajstić information content (AvgIpc) is 2.31. The minimum absolute atomic E-state index is 0.242. The summed E-state index contributed by atoms with van der Waals surface area (Å²) in [5.41, 5.74) is 5.37. The largest absolute Gasteiger partial charge is 0.400 e. The van der Waals surface area contributed by atoms with Gasteiger partial charge >= 0.3 is 0 Å². The highest BCUT2D eigenvalue weighted by Gasteiger charge is 2.01. The van der Waals surface area contributed by atoms with E-state index in [1.54, 1.807) is 0 Å². The molecule has 0 aliphatic rings. The molecule has 5 nitrogen and oxygen atoms in total. The monoisotopic (exact) mass is 225 g/mol. The Morgan fingerprint density at radius 1 is 1.56 bits per heavy atom. The molecule has 1 aromatic carbocycles. The maximum Gasteiger partial charge on any atom is 0.184 e. The van der Waals surface area contributed by atoms with Crippen molar-refractivity contribution in [1.82, 2.24) is 0 Å². The third kappa shape index (κ3) is 4.43. The molecule has 0 atom stereocenters. The van der Waals surface area contributed by atoms with Crippen molar-refractivity contribution in [2.45, 2.75) is 0 Å². The van der Waals surface area contributed by atoms with Crippen LogP contribution in [0.4, 0.5) is 4.39 Å². The Kier molecular flexibility index (Phi) is 6.30. The van der Waals surface area contributed by atoms with Crippen LogP contribution in [-0.2, 0) is 4.79 Å². The van der Waals surface area contributed by atoms with E-state index in [1.807, 2.05) is 0 Å². The van der Waals surface area contributed by atoms with Crippen LogP contribution in [-0.4, -0.2) is 30.2 Å². The van der Waals surface area contributed by atoms with Crippen molar-refractivity contribution in [3.05, 3.63) is 35.6 Å². The number of halogens is 1. The maximum atomic E-state index is 12.7. The fourth-order valence-electron chi connectivity index (χ4n) is 0.856. The molecule has 0 heterocycles. The molecule has 0 fully saturated rings. The zero-order valence-electron chi connectivity index (χ0n) is 8.64. The minimum atomic E-state index is -0.466. The molecule has 4 N–H and O–H groups in total. The predicted octanol–water partition coefficient (Wildman–Crippen LogP) is 0.316. The lowest BCUT2D eigenvalue weighted by molar-refractivity contribution is -0.102. The first-order chi connectivity index (χ1) is 7.63. The van der Waals surface area contributed by atoms with Crippen LogP contribution in [0.3, 0.4) is 0 Å². The molecule has 0 radical (unpaired) electrons. The SMILES string of the molecule is CO.N=C(N=C(N)C=O)c1cccc(F)c1. The van der Waals surface area contributed by atoms with Crippen molar-refractivity contribution in [1.29, 1.82) is 5.41 Å². The molecule has 0 spiro atoms. The molecule has 0 bridgehead atoms. The van der Waals surface area contributed by atoms with Gasteiger partial charge < -0.3 is 10.8 Å². The Labute approximate surface area is 91.9 Å². The van der Waals surface area contributed by atoms with E-state index in [0.29, 0.717) is 6.29 Å². The van der Waals surface area contributed by atoms with Gasteiger partial charge in [-0.3, -0.25) is 10.2 Å². The molecule has 1 aromatic rings. The second kappa shape index (κ2) is 7.24. The van der Waals surface area contributed by atoms with Crippen molar-refractivity contribution in [3.63, 3.8) is 0 Å². The molecule has 6 heteroatoms. The third-order valence-corrected chi connectivity index (χ3v) is 1.46. The van der Waals surface area contributed by atoms with E-state index >= 15 is 0 Å². The van der Waals surface area contributed by atoms with E-state index in [9.17, 15) is 9.18 Å².